The predicted molar refractivity (Wildman–Crippen MR) is 125 cm³/mol. The van der Waals surface area contributed by atoms with E-state index in [0.29, 0.717) is 6.54 Å². The standard InChI is InChI=1S/C21H26BrF2N5O3S/c22-13-9-16(23)15(17(24)10-13)12-32-19-14(11-18(25)30)20(33-28-19)27-21(31)26-5-1-2-6-29-7-3-4-8-29/h9-10H,1-8,11-12H2,(H2,25,30)(H2,26,27,31). The first kappa shape index (κ1) is 25.3. The van der Waals surface area contributed by atoms with Gasteiger partial charge in [0, 0.05) is 11.0 Å². The minimum absolute atomic E-state index is 0.0126. The largest absolute Gasteiger partial charge is 0.472 e. The fourth-order valence-corrected chi connectivity index (χ4v) is 4.65. The summed E-state index contributed by atoms with van der Waals surface area (Å²) >= 11 is 3.92. The minimum Gasteiger partial charge on any atom is -0.472 e. The SMILES string of the molecule is NC(=O)Cc1c(OCc2c(F)cc(Br)cc2F)nsc1NC(=O)NCCCCN1CCCC1. The monoisotopic (exact) mass is 545 g/mol. The number of aromatic nitrogens is 1. The maximum Gasteiger partial charge on any atom is 0.319 e. The summed E-state index contributed by atoms with van der Waals surface area (Å²) < 4.78 is 37.9. The third kappa shape index (κ3) is 7.61. The molecular weight excluding hydrogens is 520 g/mol. The van der Waals surface area contributed by atoms with Crippen molar-refractivity contribution in [2.75, 3.05) is 31.5 Å². The lowest BCUT2D eigenvalue weighted by atomic mass is 10.2. The lowest BCUT2D eigenvalue weighted by Gasteiger charge is -2.14. The molecule has 1 saturated heterocycles. The van der Waals surface area contributed by atoms with Crippen LogP contribution in [-0.4, -0.2) is 47.4 Å². The Bertz CT molecular complexity index is 962. The van der Waals surface area contributed by atoms with Gasteiger partial charge in [0.1, 0.15) is 23.2 Å². The van der Waals surface area contributed by atoms with Gasteiger partial charge in [-0.25, -0.2) is 13.6 Å². The third-order valence-corrected chi connectivity index (χ3v) is 6.42. The van der Waals surface area contributed by atoms with E-state index in [4.69, 9.17) is 10.5 Å². The molecule has 3 amide bonds. The number of primary amides is 1. The van der Waals surface area contributed by atoms with E-state index in [9.17, 15) is 18.4 Å². The molecule has 12 heteroatoms. The number of unbranched alkanes of at least 4 members (excludes halogenated alkanes) is 1. The van der Waals surface area contributed by atoms with Crippen LogP contribution in [-0.2, 0) is 17.8 Å². The van der Waals surface area contributed by atoms with E-state index >= 15 is 0 Å². The number of nitrogens with zero attached hydrogens (tertiary/aromatic N) is 2. The van der Waals surface area contributed by atoms with Crippen LogP contribution in [0.25, 0.3) is 0 Å². The molecule has 1 aromatic heterocycles. The van der Waals surface area contributed by atoms with Crippen molar-refractivity contribution in [3.63, 3.8) is 0 Å². The summed E-state index contributed by atoms with van der Waals surface area (Å²) in [6.07, 6.45) is 4.10. The van der Waals surface area contributed by atoms with E-state index < -0.39 is 30.2 Å². The van der Waals surface area contributed by atoms with Crippen LogP contribution in [0.3, 0.4) is 0 Å². The number of hydrogen-bond acceptors (Lipinski definition) is 6. The van der Waals surface area contributed by atoms with Crippen molar-refractivity contribution in [2.45, 2.75) is 38.7 Å². The maximum atomic E-state index is 14.1. The Kier molecular flexibility index (Phi) is 9.39. The Morgan fingerprint density at radius 3 is 2.55 bits per heavy atom. The molecule has 1 aromatic carbocycles. The predicted octanol–water partition coefficient (Wildman–Crippen LogP) is 3.79. The number of carbonyl (C=O) groups excluding carboxylic acids is 2. The highest BCUT2D eigenvalue weighted by Crippen LogP contribution is 2.32. The number of nitrogens with two attached hydrogens (primary N) is 1. The van der Waals surface area contributed by atoms with Crippen molar-refractivity contribution in [2.24, 2.45) is 5.73 Å². The van der Waals surface area contributed by atoms with Crippen molar-refractivity contribution in [1.82, 2.24) is 14.6 Å². The molecule has 0 unspecified atom stereocenters. The Morgan fingerprint density at radius 1 is 1.18 bits per heavy atom. The van der Waals surface area contributed by atoms with Gasteiger partial charge in [0.2, 0.25) is 11.8 Å². The van der Waals surface area contributed by atoms with Crippen molar-refractivity contribution in [3.05, 3.63) is 39.4 Å². The molecule has 0 radical (unpaired) electrons. The van der Waals surface area contributed by atoms with Crippen LogP contribution < -0.4 is 21.1 Å². The molecular formula is C21H26BrF2N5O3S. The van der Waals surface area contributed by atoms with Crippen LogP contribution in [0.15, 0.2) is 16.6 Å². The Labute approximate surface area is 203 Å². The summed E-state index contributed by atoms with van der Waals surface area (Å²) in [7, 11) is 0. The highest BCUT2D eigenvalue weighted by atomic mass is 79.9. The summed E-state index contributed by atoms with van der Waals surface area (Å²) in [6, 6.07) is 1.80. The highest BCUT2D eigenvalue weighted by molar-refractivity contribution is 9.10. The average molecular weight is 546 g/mol. The number of benzene rings is 1. The molecule has 2 aromatic rings. The molecule has 0 aliphatic carbocycles. The average Bonchev–Trinajstić information content (AvgIpc) is 3.38. The second kappa shape index (κ2) is 12.2. The number of urea groups is 1. The molecule has 33 heavy (non-hydrogen) atoms. The zero-order chi connectivity index (χ0) is 23.8. The first-order chi connectivity index (χ1) is 15.8. The van der Waals surface area contributed by atoms with Gasteiger partial charge in [-0.05, 0) is 69.0 Å². The second-order valence-corrected chi connectivity index (χ2v) is 9.40. The van der Waals surface area contributed by atoms with E-state index in [1.165, 1.54) is 12.8 Å². The summed E-state index contributed by atoms with van der Waals surface area (Å²) in [5.41, 5.74) is 5.29. The smallest absolute Gasteiger partial charge is 0.319 e. The fraction of sp³-hybridized carbons (Fsp3) is 0.476. The zero-order valence-electron chi connectivity index (χ0n) is 18.0. The van der Waals surface area contributed by atoms with Gasteiger partial charge in [-0.2, -0.15) is 4.37 Å². The highest BCUT2D eigenvalue weighted by Gasteiger charge is 2.21. The van der Waals surface area contributed by atoms with Crippen LogP contribution in [0.4, 0.5) is 18.6 Å². The summed E-state index contributed by atoms with van der Waals surface area (Å²) in [6.45, 7) is 3.39. The molecule has 1 aliphatic heterocycles. The first-order valence-corrected chi connectivity index (χ1v) is 12.2. The molecule has 0 bridgehead atoms. The van der Waals surface area contributed by atoms with E-state index in [1.54, 1.807) is 0 Å². The number of likely N-dealkylation sites (tertiary alicyclic amines) is 1. The minimum atomic E-state index is -0.781. The number of ether oxygens (including phenoxy) is 1. The van der Waals surface area contributed by atoms with Gasteiger partial charge in [-0.3, -0.25) is 10.1 Å². The molecule has 1 fully saturated rings. The molecule has 3 rings (SSSR count). The molecule has 0 atom stereocenters. The van der Waals surface area contributed by atoms with Crippen LogP contribution in [0, 0.1) is 11.6 Å². The fourth-order valence-electron chi connectivity index (χ4n) is 3.50. The number of hydrogen-bond donors (Lipinski definition) is 3. The number of amides is 3. The van der Waals surface area contributed by atoms with Gasteiger partial charge < -0.3 is 20.7 Å². The van der Waals surface area contributed by atoms with E-state index in [2.05, 4.69) is 35.8 Å². The zero-order valence-corrected chi connectivity index (χ0v) is 20.4. The van der Waals surface area contributed by atoms with Gasteiger partial charge in [0.05, 0.1) is 17.5 Å². The summed E-state index contributed by atoms with van der Waals surface area (Å²) in [5.74, 6) is -2.24. The van der Waals surface area contributed by atoms with Gasteiger partial charge in [0.25, 0.3) is 0 Å². The van der Waals surface area contributed by atoms with Gasteiger partial charge in [-0.1, -0.05) is 15.9 Å². The number of carbonyl (C=O) groups is 2. The van der Waals surface area contributed by atoms with E-state index in [0.717, 1.165) is 56.1 Å². The topological polar surface area (TPSA) is 110 Å². The molecule has 0 saturated carbocycles. The number of nitrogens with one attached hydrogen (secondary N) is 2. The van der Waals surface area contributed by atoms with Crippen LogP contribution in [0.2, 0.25) is 0 Å². The van der Waals surface area contributed by atoms with E-state index in [-0.39, 0.29) is 32.9 Å². The molecule has 8 nitrogen and oxygen atoms in total. The normalized spacial score (nSPS) is 13.8. The Morgan fingerprint density at radius 2 is 1.88 bits per heavy atom. The molecule has 0 spiro atoms. The first-order valence-electron chi connectivity index (χ1n) is 10.6. The Balaban J connectivity index is 1.54. The molecule has 2 heterocycles. The van der Waals surface area contributed by atoms with Crippen LogP contribution in [0.5, 0.6) is 5.88 Å². The van der Waals surface area contributed by atoms with Crippen LogP contribution in [0.1, 0.15) is 36.8 Å². The lowest BCUT2D eigenvalue weighted by Crippen LogP contribution is -2.30. The Hall–Kier alpha value is -2.31. The second-order valence-electron chi connectivity index (χ2n) is 7.71. The van der Waals surface area contributed by atoms with Gasteiger partial charge >= 0.3 is 6.03 Å². The van der Waals surface area contributed by atoms with Crippen molar-refractivity contribution < 1.29 is 23.1 Å². The van der Waals surface area contributed by atoms with Crippen LogP contribution >= 0.6 is 27.5 Å². The number of halogens is 3. The quantitative estimate of drug-likeness (QED) is 0.372. The summed E-state index contributed by atoms with van der Waals surface area (Å²) in [5, 5.41) is 5.71. The summed E-state index contributed by atoms with van der Waals surface area (Å²) in [4.78, 5) is 26.2. The van der Waals surface area contributed by atoms with Gasteiger partial charge in [0.15, 0.2) is 0 Å². The number of rotatable bonds is 11. The van der Waals surface area contributed by atoms with Crippen molar-refractivity contribution >= 4 is 44.4 Å². The molecule has 1 aliphatic rings. The number of anilines is 1. The molecule has 180 valence electrons. The maximum absolute atomic E-state index is 14.1. The van der Waals surface area contributed by atoms with Crippen molar-refractivity contribution in [1.29, 1.82) is 0 Å². The third-order valence-electron chi connectivity index (χ3n) is 5.17. The van der Waals surface area contributed by atoms with E-state index in [1.807, 2.05) is 0 Å². The van der Waals surface area contributed by atoms with Crippen molar-refractivity contribution in [3.8, 4) is 5.88 Å². The molecule has 4 N–H and O–H groups in total. The van der Waals surface area contributed by atoms with Gasteiger partial charge in [-0.15, -0.1) is 0 Å². The lowest BCUT2D eigenvalue weighted by molar-refractivity contribution is -0.117.